The molecule has 7 nitrogen and oxygen atoms in total. The van der Waals surface area contributed by atoms with Crippen LogP contribution in [0.5, 0.6) is 0 Å². The molecule has 3 aromatic carbocycles. The Labute approximate surface area is 246 Å². The topological polar surface area (TPSA) is 84.4 Å². The molecule has 1 N–H and O–H groups in total. The van der Waals surface area contributed by atoms with Gasteiger partial charge in [-0.1, -0.05) is 60.7 Å². The first-order valence-electron chi connectivity index (χ1n) is 13.6. The van der Waals surface area contributed by atoms with Crippen LogP contribution in [0, 0.1) is 6.92 Å². The number of hydrogen-bond acceptors (Lipinski definition) is 7. The van der Waals surface area contributed by atoms with Crippen molar-refractivity contribution >= 4 is 29.3 Å². The van der Waals surface area contributed by atoms with Gasteiger partial charge in [-0.05, 0) is 71.7 Å². The van der Waals surface area contributed by atoms with Crippen LogP contribution in [0.1, 0.15) is 33.5 Å². The summed E-state index contributed by atoms with van der Waals surface area (Å²) in [6.45, 7) is 3.42. The molecular weight excluding hydrogens is 532 g/mol. The van der Waals surface area contributed by atoms with Crippen molar-refractivity contribution in [2.45, 2.75) is 32.4 Å². The highest BCUT2D eigenvalue weighted by Gasteiger charge is 2.24. The molecule has 41 heavy (non-hydrogen) atoms. The predicted molar refractivity (Wildman–Crippen MR) is 166 cm³/mol. The number of nitrogens with one attached hydrogen (secondary N) is 1. The molecule has 0 aliphatic rings. The number of carbonyl (C=O) groups is 2. The van der Waals surface area contributed by atoms with Gasteiger partial charge in [-0.15, -0.1) is 0 Å². The van der Waals surface area contributed by atoms with Crippen molar-refractivity contribution in [3.05, 3.63) is 114 Å². The minimum atomic E-state index is -0.712. The predicted octanol–water partition coefficient (Wildman–Crippen LogP) is 5.73. The standard InChI is InChI=1S/C33H36N4O3S/c1-24-9-7-8-12-28(24)30-19-26(13-14-29(30)32(38)36-31(16-18-41-3)33(39)40-2)22-37(27-20-34-23-35-21-27)17-15-25-10-5-4-6-11-25/h4-14,19-21,23,31H,15-18,22H2,1-3H3,(H,36,38). The van der Waals surface area contributed by atoms with Crippen molar-refractivity contribution in [3.8, 4) is 11.1 Å². The minimum absolute atomic E-state index is 0.302. The van der Waals surface area contributed by atoms with Gasteiger partial charge in [-0.2, -0.15) is 11.8 Å². The average molecular weight is 569 g/mol. The van der Waals surface area contributed by atoms with E-state index in [-0.39, 0.29) is 5.91 Å². The number of hydrogen-bond donors (Lipinski definition) is 1. The van der Waals surface area contributed by atoms with Gasteiger partial charge in [-0.25, -0.2) is 14.8 Å². The fraction of sp³-hybridized carbons (Fsp3) is 0.273. The molecule has 4 rings (SSSR count). The average Bonchev–Trinajstić information content (AvgIpc) is 3.01. The molecule has 0 aliphatic heterocycles. The Hall–Kier alpha value is -4.17. The molecule has 8 heteroatoms. The number of thioether (sulfide) groups is 1. The third kappa shape index (κ3) is 8.17. The minimum Gasteiger partial charge on any atom is -0.467 e. The summed E-state index contributed by atoms with van der Waals surface area (Å²) in [6, 6.07) is 23.6. The van der Waals surface area contributed by atoms with Crippen LogP contribution < -0.4 is 10.2 Å². The fourth-order valence-corrected chi connectivity index (χ4v) is 5.20. The summed E-state index contributed by atoms with van der Waals surface area (Å²) >= 11 is 1.62. The van der Waals surface area contributed by atoms with E-state index in [0.717, 1.165) is 46.7 Å². The number of esters is 1. The summed E-state index contributed by atoms with van der Waals surface area (Å²) in [7, 11) is 1.34. The Bertz CT molecular complexity index is 1430. The zero-order valence-electron chi connectivity index (χ0n) is 23.7. The fourth-order valence-electron chi connectivity index (χ4n) is 4.73. The molecule has 0 spiro atoms. The molecule has 0 saturated carbocycles. The number of carbonyl (C=O) groups excluding carboxylic acids is 2. The first kappa shape index (κ1) is 29.8. The molecule has 4 aromatic rings. The molecule has 212 valence electrons. The molecule has 0 aliphatic carbocycles. The van der Waals surface area contributed by atoms with Crippen LogP contribution in [0.25, 0.3) is 11.1 Å². The van der Waals surface area contributed by atoms with Crippen molar-refractivity contribution in [2.24, 2.45) is 0 Å². The van der Waals surface area contributed by atoms with E-state index < -0.39 is 12.0 Å². The third-order valence-electron chi connectivity index (χ3n) is 6.96. The number of benzene rings is 3. The van der Waals surface area contributed by atoms with Crippen LogP contribution in [0.15, 0.2) is 91.5 Å². The van der Waals surface area contributed by atoms with E-state index in [1.165, 1.54) is 19.0 Å². The SMILES string of the molecule is COC(=O)C(CCSC)NC(=O)c1ccc(CN(CCc2ccccc2)c2cncnc2)cc1-c1ccccc1C. The molecule has 1 heterocycles. The van der Waals surface area contributed by atoms with Crippen molar-refractivity contribution < 1.29 is 14.3 Å². The lowest BCUT2D eigenvalue weighted by Gasteiger charge is -2.25. The normalized spacial score (nSPS) is 11.5. The summed E-state index contributed by atoms with van der Waals surface area (Å²) in [4.78, 5) is 36.7. The molecule has 0 radical (unpaired) electrons. The van der Waals surface area contributed by atoms with Gasteiger partial charge in [0.1, 0.15) is 12.4 Å². The zero-order valence-corrected chi connectivity index (χ0v) is 24.6. The maximum atomic E-state index is 13.6. The molecule has 0 saturated heterocycles. The Morgan fingerprint density at radius 3 is 2.39 bits per heavy atom. The van der Waals surface area contributed by atoms with Crippen LogP contribution in [0.2, 0.25) is 0 Å². The highest BCUT2D eigenvalue weighted by molar-refractivity contribution is 7.98. The lowest BCUT2D eigenvalue weighted by molar-refractivity contribution is -0.142. The number of aromatic nitrogens is 2. The smallest absolute Gasteiger partial charge is 0.328 e. The summed E-state index contributed by atoms with van der Waals surface area (Å²) in [5, 5.41) is 2.92. The van der Waals surface area contributed by atoms with Crippen molar-refractivity contribution in [2.75, 3.05) is 30.6 Å². The van der Waals surface area contributed by atoms with Gasteiger partial charge in [-0.3, -0.25) is 4.79 Å². The van der Waals surface area contributed by atoms with Crippen LogP contribution in [0.3, 0.4) is 0 Å². The summed E-state index contributed by atoms with van der Waals surface area (Å²) in [6.07, 6.45) is 8.51. The van der Waals surface area contributed by atoms with E-state index in [1.54, 1.807) is 11.8 Å². The molecular formula is C33H36N4O3S. The first-order valence-corrected chi connectivity index (χ1v) is 15.0. The summed E-state index contributed by atoms with van der Waals surface area (Å²) in [5.74, 6) is -0.0182. The van der Waals surface area contributed by atoms with E-state index in [2.05, 4.69) is 50.5 Å². The molecule has 0 bridgehead atoms. The number of nitrogens with zero attached hydrogens (tertiary/aromatic N) is 3. The number of amides is 1. The van der Waals surface area contributed by atoms with Crippen molar-refractivity contribution in [3.63, 3.8) is 0 Å². The number of aryl methyl sites for hydroxylation is 1. The van der Waals surface area contributed by atoms with E-state index >= 15 is 0 Å². The first-order chi connectivity index (χ1) is 20.0. The number of methoxy groups -OCH3 is 1. The maximum absolute atomic E-state index is 13.6. The highest BCUT2D eigenvalue weighted by atomic mass is 32.2. The van der Waals surface area contributed by atoms with Crippen molar-refractivity contribution in [1.82, 2.24) is 15.3 Å². The van der Waals surface area contributed by atoms with Gasteiger partial charge in [0.2, 0.25) is 0 Å². The van der Waals surface area contributed by atoms with Gasteiger partial charge in [0.15, 0.2) is 0 Å². The van der Waals surface area contributed by atoms with Crippen LogP contribution in [-0.2, 0) is 22.5 Å². The molecule has 1 unspecified atom stereocenters. The molecule has 0 fully saturated rings. The van der Waals surface area contributed by atoms with E-state index in [0.29, 0.717) is 18.5 Å². The zero-order chi connectivity index (χ0) is 29.0. The monoisotopic (exact) mass is 568 g/mol. The second-order valence-corrected chi connectivity index (χ2v) is 10.8. The summed E-state index contributed by atoms with van der Waals surface area (Å²) in [5.41, 5.74) is 6.59. The second kappa shape index (κ2) is 15.0. The lowest BCUT2D eigenvalue weighted by Crippen LogP contribution is -2.42. The Balaban J connectivity index is 1.67. The van der Waals surface area contributed by atoms with Crippen LogP contribution >= 0.6 is 11.8 Å². The third-order valence-corrected chi connectivity index (χ3v) is 7.61. The number of anilines is 1. The Morgan fingerprint density at radius 2 is 1.68 bits per heavy atom. The molecule has 1 aromatic heterocycles. The van der Waals surface area contributed by atoms with Crippen LogP contribution in [-0.4, -0.2) is 53.5 Å². The Kier molecular flexibility index (Phi) is 10.9. The molecule has 1 amide bonds. The molecule has 1 atom stereocenters. The van der Waals surface area contributed by atoms with E-state index in [4.69, 9.17) is 4.74 Å². The summed E-state index contributed by atoms with van der Waals surface area (Å²) < 4.78 is 4.96. The van der Waals surface area contributed by atoms with Crippen LogP contribution in [0.4, 0.5) is 5.69 Å². The number of rotatable bonds is 13. The van der Waals surface area contributed by atoms with E-state index in [9.17, 15) is 9.59 Å². The van der Waals surface area contributed by atoms with Crippen molar-refractivity contribution in [1.29, 1.82) is 0 Å². The Morgan fingerprint density at radius 1 is 0.951 bits per heavy atom. The van der Waals surface area contributed by atoms with Gasteiger partial charge >= 0.3 is 5.97 Å². The number of ether oxygens (including phenoxy) is 1. The maximum Gasteiger partial charge on any atom is 0.328 e. The van der Waals surface area contributed by atoms with Gasteiger partial charge in [0.25, 0.3) is 5.91 Å². The highest BCUT2D eigenvalue weighted by Crippen LogP contribution is 2.29. The largest absolute Gasteiger partial charge is 0.467 e. The second-order valence-electron chi connectivity index (χ2n) is 9.78. The van der Waals surface area contributed by atoms with E-state index in [1.807, 2.05) is 68.0 Å². The lowest BCUT2D eigenvalue weighted by atomic mass is 9.93. The van der Waals surface area contributed by atoms with Gasteiger partial charge in [0, 0.05) is 18.7 Å². The quantitative estimate of drug-likeness (QED) is 0.206. The van der Waals surface area contributed by atoms with Gasteiger partial charge in [0.05, 0.1) is 25.2 Å². The van der Waals surface area contributed by atoms with Gasteiger partial charge < -0.3 is 15.0 Å².